The molecule has 0 rings (SSSR count). The van der Waals surface area contributed by atoms with Gasteiger partial charge >= 0.3 is 17.9 Å². The van der Waals surface area contributed by atoms with Gasteiger partial charge in [0.25, 0.3) is 0 Å². The molecule has 0 aliphatic heterocycles. The van der Waals surface area contributed by atoms with Crippen LogP contribution in [0.5, 0.6) is 0 Å². The maximum Gasteiger partial charge on any atom is 0.306 e. The second-order valence-corrected chi connectivity index (χ2v) is 18.0. The Hall–Kier alpha value is -3.23. The summed E-state index contributed by atoms with van der Waals surface area (Å²) in [7, 11) is 0. The summed E-state index contributed by atoms with van der Waals surface area (Å²) in [6.45, 7) is 6.40. The van der Waals surface area contributed by atoms with Crippen LogP contribution in [0.1, 0.15) is 252 Å². The van der Waals surface area contributed by atoms with Gasteiger partial charge in [-0.15, -0.1) is 0 Å². The van der Waals surface area contributed by atoms with Crippen LogP contribution in [0.3, 0.4) is 0 Å². The summed E-state index contributed by atoms with van der Waals surface area (Å²) < 4.78 is 16.8. The number of esters is 3. The first kappa shape index (κ1) is 62.8. The summed E-state index contributed by atoms with van der Waals surface area (Å²) in [6.07, 6.45) is 60.9. The number of carbonyl (C=O) groups excluding carboxylic acids is 3. The number of hydrogen-bond donors (Lipinski definition) is 0. The molecule has 2 atom stereocenters. The minimum Gasteiger partial charge on any atom is -0.462 e. The molecule has 1 radical (unpaired) electrons. The lowest BCUT2D eigenvalue weighted by Gasteiger charge is -2.18. The highest BCUT2D eigenvalue weighted by Gasteiger charge is 2.19. The van der Waals surface area contributed by atoms with Crippen molar-refractivity contribution in [1.29, 1.82) is 0 Å². The van der Waals surface area contributed by atoms with Crippen LogP contribution in [0.4, 0.5) is 0 Å². The first-order valence-electron chi connectivity index (χ1n) is 27.2. The van der Waals surface area contributed by atoms with Crippen molar-refractivity contribution in [2.45, 2.75) is 264 Å². The number of allylic oxidation sites excluding steroid dienone is 11. The molecule has 0 heterocycles. The molecule has 0 bridgehead atoms. The summed E-state index contributed by atoms with van der Waals surface area (Å²) in [5.41, 5.74) is 0. The highest BCUT2D eigenvalue weighted by Crippen LogP contribution is 2.15. The molecule has 0 saturated carbocycles. The molecule has 0 spiro atoms. The monoisotopic (exact) mass is 924 g/mol. The molecule has 0 aromatic carbocycles. The maximum absolute atomic E-state index is 12.8. The van der Waals surface area contributed by atoms with E-state index in [4.69, 9.17) is 14.2 Å². The van der Waals surface area contributed by atoms with E-state index in [0.29, 0.717) is 19.3 Å². The predicted octanol–water partition coefficient (Wildman–Crippen LogP) is 17.2. The van der Waals surface area contributed by atoms with E-state index in [0.717, 1.165) is 116 Å². The molecule has 66 heavy (non-hydrogen) atoms. The number of rotatable bonds is 49. The average Bonchev–Trinajstić information content (AvgIpc) is 3.32. The Balaban J connectivity index is 4.55. The number of carbonyl (C=O) groups is 3. The zero-order valence-electron chi connectivity index (χ0n) is 42.7. The summed E-state index contributed by atoms with van der Waals surface area (Å²) in [5.74, 6) is -1.04. The Bertz CT molecular complexity index is 1260. The van der Waals surface area contributed by atoms with Gasteiger partial charge in [-0.1, -0.05) is 203 Å². The summed E-state index contributed by atoms with van der Waals surface area (Å²) >= 11 is 0. The third kappa shape index (κ3) is 48.7. The van der Waals surface area contributed by atoms with Crippen LogP contribution in [-0.4, -0.2) is 43.3 Å². The maximum atomic E-state index is 12.8. The fourth-order valence-electron chi connectivity index (χ4n) is 7.41. The largest absolute Gasteiger partial charge is 0.462 e. The molecule has 0 aliphatic carbocycles. The van der Waals surface area contributed by atoms with Crippen LogP contribution in [0.15, 0.2) is 72.9 Å². The van der Waals surface area contributed by atoms with Gasteiger partial charge in [-0.2, -0.15) is 4.89 Å². The van der Waals surface area contributed by atoms with Gasteiger partial charge in [0.05, 0.1) is 0 Å². The minimum atomic E-state index is -0.832. The van der Waals surface area contributed by atoms with Crippen LogP contribution in [0.25, 0.3) is 0 Å². The number of ether oxygens (including phenoxy) is 3. The molecule has 0 fully saturated rings. The lowest BCUT2D eigenvalue weighted by atomic mass is 10.1. The van der Waals surface area contributed by atoms with Gasteiger partial charge in [0.15, 0.2) is 6.10 Å². The lowest BCUT2D eigenvalue weighted by Crippen LogP contribution is -2.30. The topological polar surface area (TPSA) is 108 Å². The molecule has 0 aromatic rings. The summed E-state index contributed by atoms with van der Waals surface area (Å²) in [5, 5.41) is 11.1. The fraction of sp³-hybridized carbons (Fsp3) is 0.741. The normalized spacial score (nSPS) is 13.1. The predicted molar refractivity (Wildman–Crippen MR) is 275 cm³/mol. The van der Waals surface area contributed by atoms with Gasteiger partial charge in [-0.05, 0) is 108 Å². The van der Waals surface area contributed by atoms with E-state index < -0.39 is 12.2 Å². The smallest absolute Gasteiger partial charge is 0.306 e. The van der Waals surface area contributed by atoms with Crippen molar-refractivity contribution >= 4 is 17.9 Å². The van der Waals surface area contributed by atoms with Crippen LogP contribution < -0.4 is 0 Å². The highest BCUT2D eigenvalue weighted by molar-refractivity contribution is 5.71. The van der Waals surface area contributed by atoms with Gasteiger partial charge in [-0.3, -0.25) is 14.4 Å². The molecular weight excluding hydrogens is 825 g/mol. The quantitative estimate of drug-likeness (QED) is 0.0114. The van der Waals surface area contributed by atoms with E-state index in [-0.39, 0.29) is 44.0 Å². The van der Waals surface area contributed by atoms with Crippen LogP contribution >= 0.6 is 0 Å². The van der Waals surface area contributed by atoms with Crippen LogP contribution in [0.2, 0.25) is 0 Å². The van der Waals surface area contributed by atoms with Crippen molar-refractivity contribution < 1.29 is 38.7 Å². The van der Waals surface area contributed by atoms with Crippen molar-refractivity contribution in [1.82, 2.24) is 0 Å². The van der Waals surface area contributed by atoms with Crippen LogP contribution in [-0.2, 0) is 38.7 Å². The van der Waals surface area contributed by atoms with Gasteiger partial charge in [0.1, 0.15) is 19.3 Å². The fourth-order valence-corrected chi connectivity index (χ4v) is 7.41. The Labute approximate surface area is 405 Å². The van der Waals surface area contributed by atoms with Crippen molar-refractivity contribution in [3.63, 3.8) is 0 Å². The van der Waals surface area contributed by atoms with Crippen molar-refractivity contribution in [3.05, 3.63) is 72.9 Å². The zero-order chi connectivity index (χ0) is 48.1. The van der Waals surface area contributed by atoms with Gasteiger partial charge in [0, 0.05) is 19.3 Å². The second kappa shape index (κ2) is 52.7. The Morgan fingerprint density at radius 3 is 1.18 bits per heavy atom. The molecule has 0 amide bonds. The van der Waals surface area contributed by atoms with E-state index in [1.54, 1.807) is 0 Å². The molecule has 2 unspecified atom stereocenters. The van der Waals surface area contributed by atoms with Crippen molar-refractivity contribution in [2.24, 2.45) is 0 Å². The Morgan fingerprint density at radius 1 is 0.394 bits per heavy atom. The van der Waals surface area contributed by atoms with E-state index in [2.05, 4.69) is 80.3 Å². The first-order valence-corrected chi connectivity index (χ1v) is 27.2. The molecule has 8 heteroatoms. The first-order chi connectivity index (χ1) is 32.5. The van der Waals surface area contributed by atoms with Gasteiger partial charge in [-0.25, -0.2) is 0 Å². The van der Waals surface area contributed by atoms with E-state index in [1.807, 2.05) is 18.2 Å². The molecule has 0 saturated heterocycles. The highest BCUT2D eigenvalue weighted by atomic mass is 17.1. The van der Waals surface area contributed by atoms with E-state index in [1.165, 1.54) is 83.5 Å². The second-order valence-electron chi connectivity index (χ2n) is 18.0. The molecule has 8 nitrogen and oxygen atoms in total. The molecular formula is C58H99O8. The van der Waals surface area contributed by atoms with Crippen LogP contribution in [0, 0.1) is 0 Å². The molecule has 0 aromatic heterocycles. The molecule has 0 N–H and O–H groups in total. The number of hydrogen-bond acceptors (Lipinski definition) is 7. The zero-order valence-corrected chi connectivity index (χ0v) is 42.7. The van der Waals surface area contributed by atoms with E-state index in [9.17, 15) is 19.6 Å². The Morgan fingerprint density at radius 2 is 0.758 bits per heavy atom. The standard InChI is InChI=1S/C58H99O8/c1-4-7-10-13-16-18-20-22-24-26-27-29-31-34-39-44-49-56(59)63-52-55(65-58(61)51-46-40-35-32-30-28-25-23-21-19-17-14-11-8-5-2)53-64-57(60)50-45-41-36-38-43-48-54(66-62)47-42-37-33-15-12-9-6-3/h16-19,22-25,33,37,42,47,54-55H,4-15,20-21,26-32,34-36,38-41,43-46,48-53H2,1-3H3/b18-16-,19-17-,24-22-,25-23-,37-33-,47-42+. The Kier molecular flexibility index (Phi) is 50.2. The third-order valence-electron chi connectivity index (χ3n) is 11.6. The summed E-state index contributed by atoms with van der Waals surface area (Å²) in [4.78, 5) is 42.5. The van der Waals surface area contributed by atoms with Gasteiger partial charge in [0.2, 0.25) is 0 Å². The minimum absolute atomic E-state index is 0.124. The molecule has 379 valence electrons. The van der Waals surface area contributed by atoms with E-state index >= 15 is 0 Å². The molecule has 0 aliphatic rings. The average molecular weight is 924 g/mol. The third-order valence-corrected chi connectivity index (χ3v) is 11.6. The van der Waals surface area contributed by atoms with Gasteiger partial charge < -0.3 is 14.2 Å². The van der Waals surface area contributed by atoms with Crippen molar-refractivity contribution in [3.8, 4) is 0 Å². The lowest BCUT2D eigenvalue weighted by molar-refractivity contribution is -0.325. The summed E-state index contributed by atoms with van der Waals surface area (Å²) in [6, 6.07) is 0. The number of unbranched alkanes of at least 4 members (excludes halogenated alkanes) is 24. The SMILES string of the molecule is CCCCC/C=C\C=C\C(CCCCCCCC(=O)OCC(COC(=O)CCCCCCCC/C=C\C/C=C\CCCCC)OC(=O)CCCCCCC/C=C\C/C=C\CCCCC)O[O]. The van der Waals surface area contributed by atoms with Crippen molar-refractivity contribution in [2.75, 3.05) is 13.2 Å².